The van der Waals surface area contributed by atoms with Gasteiger partial charge in [-0.25, -0.2) is 9.59 Å². The van der Waals surface area contributed by atoms with Gasteiger partial charge in [0.05, 0.1) is 0 Å². The number of rotatable bonds is 7. The maximum absolute atomic E-state index is 12.1. The smallest absolute Gasteiger partial charge is 0.407 e. The number of amides is 1. The van der Waals surface area contributed by atoms with Crippen LogP contribution in [0.3, 0.4) is 0 Å². The van der Waals surface area contributed by atoms with Crippen molar-refractivity contribution in [1.82, 2.24) is 10.6 Å². The van der Waals surface area contributed by atoms with Crippen LogP contribution in [0.2, 0.25) is 0 Å². The number of aliphatic carboxylic acids is 1. The van der Waals surface area contributed by atoms with Gasteiger partial charge in [0.2, 0.25) is 0 Å². The van der Waals surface area contributed by atoms with Gasteiger partial charge in [-0.2, -0.15) is 0 Å². The van der Waals surface area contributed by atoms with Crippen LogP contribution in [0.5, 0.6) is 0 Å². The maximum Gasteiger partial charge on any atom is 0.407 e. The first kappa shape index (κ1) is 18.9. The fraction of sp³-hybridized carbons (Fsp3) is 0.300. The third-order valence-corrected chi connectivity index (χ3v) is 4.55. The zero-order valence-electron chi connectivity index (χ0n) is 14.9. The number of fused-ring (bicyclic) bond motifs is 3. The van der Waals surface area contributed by atoms with Gasteiger partial charge in [-0.3, -0.25) is 5.32 Å². The quantitative estimate of drug-likeness (QED) is 0.555. The number of carbonyl (C=O) groups excluding carboxylic acids is 1. The van der Waals surface area contributed by atoms with Crippen LogP contribution in [0.15, 0.2) is 48.5 Å². The summed E-state index contributed by atoms with van der Waals surface area (Å²) in [5.41, 5.74) is 4.40. The van der Waals surface area contributed by atoms with Gasteiger partial charge in [-0.1, -0.05) is 48.5 Å². The van der Waals surface area contributed by atoms with Gasteiger partial charge in [0.25, 0.3) is 0 Å². The molecular formula is C20H22N2O5. The number of carbonyl (C=O) groups is 2. The lowest BCUT2D eigenvalue weighted by molar-refractivity contribution is -0.139. The number of aliphatic hydroxyl groups is 1. The van der Waals surface area contributed by atoms with E-state index in [9.17, 15) is 19.8 Å². The fourth-order valence-corrected chi connectivity index (χ4v) is 3.27. The first-order chi connectivity index (χ1) is 13.0. The molecule has 7 nitrogen and oxygen atoms in total. The lowest BCUT2D eigenvalue weighted by atomic mass is 9.98. The van der Waals surface area contributed by atoms with E-state index in [1.807, 2.05) is 48.5 Å². The standard InChI is InChI=1S/C20H22N2O5/c1-12(23)21-10-18(19(24)25)22-20(26)27-11-17-15-8-4-2-6-13(15)14-7-3-5-9-16(14)17/h2-9,12,17-18,21,23H,10-11H2,1H3,(H,22,26)(H,24,25)/t12-,18+/m0/s1. The first-order valence-electron chi connectivity index (χ1n) is 8.73. The Balaban J connectivity index is 1.66. The Bertz CT molecular complexity index is 791. The topological polar surface area (TPSA) is 108 Å². The van der Waals surface area contributed by atoms with Crippen LogP contribution in [0, 0.1) is 0 Å². The number of aliphatic hydroxyl groups excluding tert-OH is 1. The van der Waals surface area contributed by atoms with Crippen molar-refractivity contribution in [3.63, 3.8) is 0 Å². The van der Waals surface area contributed by atoms with Crippen LogP contribution in [-0.4, -0.2) is 47.7 Å². The molecule has 3 rings (SSSR count). The Morgan fingerprint density at radius 2 is 1.63 bits per heavy atom. The van der Waals surface area contributed by atoms with Crippen LogP contribution >= 0.6 is 0 Å². The SMILES string of the molecule is C[C@H](O)NC[C@@H](NC(=O)OCC1c2ccccc2-c2ccccc21)C(=O)O. The minimum Gasteiger partial charge on any atom is -0.480 e. The average Bonchev–Trinajstić information content (AvgIpc) is 2.97. The van der Waals surface area contributed by atoms with Crippen molar-refractivity contribution in [3.8, 4) is 11.1 Å². The van der Waals surface area contributed by atoms with E-state index < -0.39 is 24.3 Å². The summed E-state index contributed by atoms with van der Waals surface area (Å²) in [6.45, 7) is 1.46. The number of hydrogen-bond donors (Lipinski definition) is 4. The largest absolute Gasteiger partial charge is 0.480 e. The molecule has 0 radical (unpaired) electrons. The Hall–Kier alpha value is -2.90. The molecule has 142 valence electrons. The van der Waals surface area contributed by atoms with Gasteiger partial charge in [0, 0.05) is 12.5 Å². The molecule has 4 N–H and O–H groups in total. The fourth-order valence-electron chi connectivity index (χ4n) is 3.27. The number of nitrogens with one attached hydrogen (secondary N) is 2. The van der Waals surface area contributed by atoms with Crippen LogP contribution in [0.25, 0.3) is 11.1 Å². The summed E-state index contributed by atoms with van der Waals surface area (Å²) in [5.74, 6) is -1.31. The molecule has 27 heavy (non-hydrogen) atoms. The van der Waals surface area contributed by atoms with Crippen molar-refractivity contribution in [2.45, 2.75) is 25.1 Å². The number of benzene rings is 2. The maximum atomic E-state index is 12.1. The lowest BCUT2D eigenvalue weighted by Crippen LogP contribution is -2.49. The summed E-state index contributed by atoms with van der Waals surface area (Å²) in [4.78, 5) is 23.3. The number of carboxylic acids is 1. The third-order valence-electron chi connectivity index (χ3n) is 4.55. The second kappa shape index (κ2) is 8.20. The van der Waals surface area contributed by atoms with E-state index in [4.69, 9.17) is 4.74 Å². The number of ether oxygens (including phenoxy) is 1. The summed E-state index contributed by atoms with van der Waals surface area (Å²) >= 11 is 0. The highest BCUT2D eigenvalue weighted by atomic mass is 16.5. The van der Waals surface area contributed by atoms with E-state index in [0.29, 0.717) is 0 Å². The van der Waals surface area contributed by atoms with Crippen molar-refractivity contribution >= 4 is 12.1 Å². The van der Waals surface area contributed by atoms with Crippen molar-refractivity contribution in [2.75, 3.05) is 13.2 Å². The van der Waals surface area contributed by atoms with Crippen LogP contribution < -0.4 is 10.6 Å². The predicted octanol–water partition coefficient (Wildman–Crippen LogP) is 1.91. The van der Waals surface area contributed by atoms with Gasteiger partial charge in [-0.15, -0.1) is 0 Å². The third kappa shape index (κ3) is 4.27. The summed E-state index contributed by atoms with van der Waals surface area (Å²) in [6, 6.07) is 14.7. The van der Waals surface area contributed by atoms with Gasteiger partial charge in [0.15, 0.2) is 0 Å². The molecule has 0 saturated carbocycles. The molecule has 2 atom stereocenters. The highest BCUT2D eigenvalue weighted by Crippen LogP contribution is 2.44. The molecule has 2 aromatic carbocycles. The van der Waals surface area contributed by atoms with E-state index in [-0.39, 0.29) is 19.1 Å². The van der Waals surface area contributed by atoms with E-state index in [0.717, 1.165) is 22.3 Å². The molecule has 1 amide bonds. The summed E-state index contributed by atoms with van der Waals surface area (Å²) in [5, 5.41) is 23.3. The summed E-state index contributed by atoms with van der Waals surface area (Å²) in [6.07, 6.45) is -1.69. The molecule has 0 bridgehead atoms. The molecule has 0 aromatic heterocycles. The summed E-state index contributed by atoms with van der Waals surface area (Å²) < 4.78 is 5.32. The van der Waals surface area contributed by atoms with E-state index in [2.05, 4.69) is 10.6 Å². The zero-order chi connectivity index (χ0) is 19.4. The average molecular weight is 370 g/mol. The van der Waals surface area contributed by atoms with E-state index >= 15 is 0 Å². The number of alkyl carbamates (subject to hydrolysis) is 1. The van der Waals surface area contributed by atoms with Crippen LogP contribution in [0.1, 0.15) is 24.0 Å². The number of carboxylic acid groups (broad SMARTS) is 1. The first-order valence-corrected chi connectivity index (χ1v) is 8.73. The van der Waals surface area contributed by atoms with Crippen molar-refractivity contribution in [3.05, 3.63) is 59.7 Å². The Morgan fingerprint density at radius 1 is 1.07 bits per heavy atom. The number of hydrogen-bond acceptors (Lipinski definition) is 5. The normalized spacial score (nSPS) is 14.7. The van der Waals surface area contributed by atoms with Crippen molar-refractivity contribution < 1.29 is 24.5 Å². The van der Waals surface area contributed by atoms with E-state index in [1.165, 1.54) is 6.92 Å². The highest BCUT2D eigenvalue weighted by molar-refractivity contribution is 5.81. The molecule has 0 fully saturated rings. The zero-order valence-corrected chi connectivity index (χ0v) is 14.9. The van der Waals surface area contributed by atoms with E-state index in [1.54, 1.807) is 0 Å². The predicted molar refractivity (Wildman–Crippen MR) is 99.3 cm³/mol. The van der Waals surface area contributed by atoms with Gasteiger partial charge in [0.1, 0.15) is 18.9 Å². The Labute approximate surface area is 157 Å². The Morgan fingerprint density at radius 3 is 2.15 bits per heavy atom. The second-order valence-electron chi connectivity index (χ2n) is 6.44. The van der Waals surface area contributed by atoms with Crippen LogP contribution in [-0.2, 0) is 9.53 Å². The van der Waals surface area contributed by atoms with Crippen molar-refractivity contribution in [2.24, 2.45) is 0 Å². The minimum absolute atomic E-state index is 0.0954. The molecule has 1 aliphatic rings. The van der Waals surface area contributed by atoms with Gasteiger partial charge >= 0.3 is 12.1 Å². The summed E-state index contributed by atoms with van der Waals surface area (Å²) in [7, 11) is 0. The van der Waals surface area contributed by atoms with Crippen molar-refractivity contribution in [1.29, 1.82) is 0 Å². The Kier molecular flexibility index (Phi) is 5.73. The molecule has 0 saturated heterocycles. The van der Waals surface area contributed by atoms with Gasteiger partial charge in [-0.05, 0) is 29.2 Å². The minimum atomic E-state index is -1.21. The molecule has 0 unspecified atom stereocenters. The highest BCUT2D eigenvalue weighted by Gasteiger charge is 2.29. The second-order valence-corrected chi connectivity index (χ2v) is 6.44. The molecule has 1 aliphatic carbocycles. The monoisotopic (exact) mass is 370 g/mol. The molecule has 2 aromatic rings. The molecule has 0 spiro atoms. The molecule has 0 heterocycles. The molecule has 7 heteroatoms. The lowest BCUT2D eigenvalue weighted by Gasteiger charge is -2.18. The van der Waals surface area contributed by atoms with Gasteiger partial charge < -0.3 is 20.3 Å². The molecular weight excluding hydrogens is 348 g/mol. The van der Waals surface area contributed by atoms with Crippen LogP contribution in [0.4, 0.5) is 4.79 Å². The molecule has 0 aliphatic heterocycles.